The lowest BCUT2D eigenvalue weighted by molar-refractivity contribution is 0.107. The number of nitrogens with one attached hydrogen (secondary N) is 1. The van der Waals surface area contributed by atoms with Crippen molar-refractivity contribution in [3.05, 3.63) is 52.8 Å². The van der Waals surface area contributed by atoms with Crippen molar-refractivity contribution in [3.8, 4) is 35.2 Å². The number of benzene rings is 3. The Balaban J connectivity index is 1.28. The van der Waals surface area contributed by atoms with Gasteiger partial charge in [-0.2, -0.15) is 9.97 Å². The molecule has 4 aliphatic heterocycles. The van der Waals surface area contributed by atoms with Crippen LogP contribution in [0.2, 0.25) is 5.02 Å². The van der Waals surface area contributed by atoms with Gasteiger partial charge in [-0.3, -0.25) is 4.90 Å². The summed E-state index contributed by atoms with van der Waals surface area (Å²) in [6.45, 7) is 2.99. The van der Waals surface area contributed by atoms with Crippen LogP contribution in [0.5, 0.6) is 11.8 Å². The Kier molecular flexibility index (Phi) is 6.60. The molecule has 2 N–H and O–H groups in total. The quantitative estimate of drug-likeness (QED) is 0.274. The van der Waals surface area contributed by atoms with Crippen LogP contribution in [0.25, 0.3) is 32.8 Å². The Bertz CT molecular complexity index is 1850. The predicted octanol–water partition coefficient (Wildman–Crippen LogP) is 5.83. The van der Waals surface area contributed by atoms with Crippen molar-refractivity contribution in [1.29, 1.82) is 0 Å². The Labute approximate surface area is 259 Å². The summed E-state index contributed by atoms with van der Waals surface area (Å²) in [4.78, 5) is 13.9. The van der Waals surface area contributed by atoms with Crippen LogP contribution in [0.1, 0.15) is 37.7 Å². The molecule has 0 amide bonds. The fourth-order valence-electron chi connectivity index (χ4n) is 8.04. The van der Waals surface area contributed by atoms with Gasteiger partial charge >= 0.3 is 6.01 Å². The van der Waals surface area contributed by atoms with Gasteiger partial charge in [-0.15, -0.1) is 6.42 Å². The summed E-state index contributed by atoms with van der Waals surface area (Å²) >= 11 is 6.46. The van der Waals surface area contributed by atoms with Gasteiger partial charge in [-0.1, -0.05) is 29.7 Å². The first-order chi connectivity index (χ1) is 21.3. The fraction of sp³-hybridized carbons (Fsp3) is 0.412. The summed E-state index contributed by atoms with van der Waals surface area (Å²) < 4.78 is 37.6. The standard InChI is InChI=1S/C34H32ClF2N5O2/c1-2-24-28(35)9-4-19-12-23(43)13-27(29(19)24)25-7-8-26-31(30(25)37)39-33(40-32(26)41-16-21-5-6-22(17-41)38-21)44-18-34-10-3-11-42(34)15-20(36)14-34/h1,4,7-9,12-13,20-22,38,43H,3,5-6,10-11,14-18H2/t20-,21?,22?,34+/m1/s1. The molecule has 4 atom stereocenters. The number of ether oxygens (including phenoxy) is 1. The van der Waals surface area contributed by atoms with Crippen molar-refractivity contribution < 1.29 is 18.6 Å². The van der Waals surface area contributed by atoms with E-state index in [-0.39, 0.29) is 29.4 Å². The first kappa shape index (κ1) is 27.8. The van der Waals surface area contributed by atoms with Gasteiger partial charge in [0.15, 0.2) is 5.82 Å². The van der Waals surface area contributed by atoms with Gasteiger partial charge < -0.3 is 20.1 Å². The highest BCUT2D eigenvalue weighted by Gasteiger charge is 2.49. The number of hydrogen-bond donors (Lipinski definition) is 2. The highest BCUT2D eigenvalue weighted by atomic mass is 35.5. The number of rotatable bonds is 5. The average Bonchev–Trinajstić information content (AvgIpc) is 3.66. The zero-order valence-electron chi connectivity index (χ0n) is 24.1. The van der Waals surface area contributed by atoms with Crippen molar-refractivity contribution in [1.82, 2.24) is 20.2 Å². The Morgan fingerprint density at radius 2 is 1.93 bits per heavy atom. The van der Waals surface area contributed by atoms with E-state index in [2.05, 4.69) is 26.0 Å². The lowest BCUT2D eigenvalue weighted by Gasteiger charge is -2.34. The average molecular weight is 616 g/mol. The number of halogens is 3. The van der Waals surface area contributed by atoms with Gasteiger partial charge in [0.2, 0.25) is 0 Å². The molecule has 3 aromatic carbocycles. The molecule has 4 aliphatic rings. The first-order valence-electron chi connectivity index (χ1n) is 15.3. The summed E-state index contributed by atoms with van der Waals surface area (Å²) in [6, 6.07) is 10.8. The molecule has 2 unspecified atom stereocenters. The normalized spacial score (nSPS) is 26.4. The number of nitrogens with zero attached hydrogens (tertiary/aromatic N) is 4. The molecule has 7 nitrogen and oxygen atoms in total. The minimum absolute atomic E-state index is 0.0240. The monoisotopic (exact) mass is 615 g/mol. The van der Waals surface area contributed by atoms with Crippen LogP contribution >= 0.6 is 11.6 Å². The smallest absolute Gasteiger partial charge is 0.319 e. The molecule has 0 radical (unpaired) electrons. The van der Waals surface area contributed by atoms with Crippen LogP contribution in [0, 0.1) is 18.2 Å². The van der Waals surface area contributed by atoms with Crippen LogP contribution in [0.3, 0.4) is 0 Å². The highest BCUT2D eigenvalue weighted by molar-refractivity contribution is 6.33. The number of anilines is 1. The summed E-state index contributed by atoms with van der Waals surface area (Å²) in [6.07, 6.45) is 9.37. The minimum atomic E-state index is -0.887. The van der Waals surface area contributed by atoms with E-state index in [9.17, 15) is 9.50 Å². The maximum absolute atomic E-state index is 16.8. The topological polar surface area (TPSA) is 73.8 Å². The fourth-order valence-corrected chi connectivity index (χ4v) is 8.25. The van der Waals surface area contributed by atoms with Gasteiger partial charge in [0.05, 0.1) is 16.1 Å². The Morgan fingerprint density at radius 1 is 1.11 bits per heavy atom. The molecule has 0 aliphatic carbocycles. The summed E-state index contributed by atoms with van der Waals surface area (Å²) in [7, 11) is 0. The maximum Gasteiger partial charge on any atom is 0.319 e. The lowest BCUT2D eigenvalue weighted by Crippen LogP contribution is -2.51. The Hall–Kier alpha value is -3.71. The number of piperazine rings is 1. The first-order valence-corrected chi connectivity index (χ1v) is 15.6. The second-order valence-corrected chi connectivity index (χ2v) is 13.1. The van der Waals surface area contributed by atoms with E-state index < -0.39 is 17.5 Å². The van der Waals surface area contributed by atoms with Crippen LogP contribution < -0.4 is 15.0 Å². The molecule has 4 aromatic rings. The third kappa shape index (κ3) is 4.46. The molecule has 8 rings (SSSR count). The van der Waals surface area contributed by atoms with Gasteiger partial charge in [0.1, 0.15) is 29.9 Å². The van der Waals surface area contributed by atoms with Gasteiger partial charge in [0, 0.05) is 54.5 Å². The maximum atomic E-state index is 16.8. The molecular weight excluding hydrogens is 584 g/mol. The molecule has 10 heteroatoms. The third-order valence-electron chi connectivity index (χ3n) is 10.00. The highest BCUT2D eigenvalue weighted by Crippen LogP contribution is 2.43. The van der Waals surface area contributed by atoms with Crippen molar-refractivity contribution in [3.63, 3.8) is 0 Å². The van der Waals surface area contributed by atoms with Crippen LogP contribution in [0.4, 0.5) is 14.6 Å². The van der Waals surface area contributed by atoms with E-state index >= 15 is 4.39 Å². The predicted molar refractivity (Wildman–Crippen MR) is 168 cm³/mol. The van der Waals surface area contributed by atoms with Crippen LogP contribution in [-0.4, -0.2) is 76.6 Å². The number of aromatic nitrogens is 2. The minimum Gasteiger partial charge on any atom is -0.508 e. The van der Waals surface area contributed by atoms with E-state index in [0.717, 1.165) is 45.3 Å². The van der Waals surface area contributed by atoms with Crippen molar-refractivity contribution >= 4 is 39.1 Å². The molecule has 4 saturated heterocycles. The molecular formula is C34H32ClF2N5O2. The summed E-state index contributed by atoms with van der Waals surface area (Å²) in [5.41, 5.74) is 0.788. The lowest BCUT2D eigenvalue weighted by atomic mass is 9.93. The summed E-state index contributed by atoms with van der Waals surface area (Å²) in [5.74, 6) is 2.66. The number of phenols is 1. The molecule has 226 valence electrons. The van der Waals surface area contributed by atoms with Crippen molar-refractivity contribution in [2.45, 2.75) is 55.9 Å². The molecule has 4 fully saturated rings. The van der Waals surface area contributed by atoms with E-state index in [4.69, 9.17) is 27.7 Å². The zero-order chi connectivity index (χ0) is 30.2. The zero-order valence-corrected chi connectivity index (χ0v) is 24.9. The molecule has 2 bridgehead atoms. The number of terminal acetylenes is 1. The van der Waals surface area contributed by atoms with E-state index in [1.807, 2.05) is 6.07 Å². The largest absolute Gasteiger partial charge is 0.508 e. The van der Waals surface area contributed by atoms with Crippen molar-refractivity contribution in [2.24, 2.45) is 0 Å². The van der Waals surface area contributed by atoms with Crippen LogP contribution in [0.15, 0.2) is 36.4 Å². The molecule has 44 heavy (non-hydrogen) atoms. The third-order valence-corrected chi connectivity index (χ3v) is 10.3. The van der Waals surface area contributed by atoms with Gasteiger partial charge in [0.25, 0.3) is 0 Å². The number of fused-ring (bicyclic) bond motifs is 5. The summed E-state index contributed by atoms with van der Waals surface area (Å²) in [5, 5.41) is 16.4. The van der Waals surface area contributed by atoms with E-state index in [1.54, 1.807) is 24.3 Å². The molecule has 0 spiro atoms. The molecule has 0 saturated carbocycles. The second-order valence-electron chi connectivity index (χ2n) is 12.7. The number of phenolic OH excluding ortho intramolecular Hbond substituents is 1. The number of hydrogen-bond acceptors (Lipinski definition) is 7. The van der Waals surface area contributed by atoms with Gasteiger partial charge in [-0.05, 0) is 67.4 Å². The van der Waals surface area contributed by atoms with E-state index in [0.29, 0.717) is 63.2 Å². The number of alkyl halides is 1. The molecule has 5 heterocycles. The van der Waals surface area contributed by atoms with Crippen molar-refractivity contribution in [2.75, 3.05) is 37.7 Å². The number of aromatic hydroxyl groups is 1. The molecule has 1 aromatic heterocycles. The second kappa shape index (κ2) is 10.4. The SMILES string of the molecule is C#Cc1c(Cl)ccc2cc(O)cc(-c3ccc4c(N5CC6CCC(C5)N6)nc(OC[C@@]56CCCN5C[C@H](F)C6)nc4c3F)c12. The van der Waals surface area contributed by atoms with E-state index in [1.165, 1.54) is 6.07 Å². The Morgan fingerprint density at radius 3 is 2.73 bits per heavy atom. The van der Waals surface area contributed by atoms with Gasteiger partial charge in [-0.25, -0.2) is 8.78 Å². The van der Waals surface area contributed by atoms with Crippen LogP contribution in [-0.2, 0) is 0 Å².